The van der Waals surface area contributed by atoms with Crippen molar-refractivity contribution < 1.29 is 10.2 Å². The highest BCUT2D eigenvalue weighted by Crippen LogP contribution is 2.33. The van der Waals surface area contributed by atoms with Crippen molar-refractivity contribution in [3.05, 3.63) is 0 Å². The summed E-state index contributed by atoms with van der Waals surface area (Å²) < 4.78 is 0. The molecule has 0 heterocycles. The van der Waals surface area contributed by atoms with Crippen LogP contribution >= 0.6 is 0 Å². The number of hydrogen-bond donors (Lipinski definition) is 3. The number of rotatable bonds is 7. The van der Waals surface area contributed by atoms with Gasteiger partial charge in [0.2, 0.25) is 0 Å². The Bertz CT molecular complexity index is 137. The summed E-state index contributed by atoms with van der Waals surface area (Å²) in [7, 11) is 0. The van der Waals surface area contributed by atoms with E-state index in [0.29, 0.717) is 12.6 Å². The average molecular weight is 187 g/mol. The molecule has 2 atom stereocenters. The van der Waals surface area contributed by atoms with Crippen molar-refractivity contribution in [1.29, 1.82) is 0 Å². The van der Waals surface area contributed by atoms with Gasteiger partial charge in [-0.2, -0.15) is 0 Å². The topological polar surface area (TPSA) is 52.5 Å². The van der Waals surface area contributed by atoms with Crippen molar-refractivity contribution in [2.45, 2.75) is 44.8 Å². The molecule has 3 N–H and O–H groups in total. The van der Waals surface area contributed by atoms with Gasteiger partial charge >= 0.3 is 0 Å². The van der Waals surface area contributed by atoms with Gasteiger partial charge in [-0.3, -0.25) is 0 Å². The van der Waals surface area contributed by atoms with Crippen molar-refractivity contribution >= 4 is 0 Å². The molecule has 1 aliphatic carbocycles. The van der Waals surface area contributed by atoms with Crippen LogP contribution in [-0.2, 0) is 0 Å². The molecule has 0 aromatic heterocycles. The van der Waals surface area contributed by atoms with Gasteiger partial charge in [0.25, 0.3) is 0 Å². The highest BCUT2D eigenvalue weighted by Gasteiger charge is 2.24. The first kappa shape index (κ1) is 11.0. The summed E-state index contributed by atoms with van der Waals surface area (Å²) in [5.41, 5.74) is 0. The molecule has 0 radical (unpaired) electrons. The smallest absolute Gasteiger partial charge is 0.0895 e. The highest BCUT2D eigenvalue weighted by atomic mass is 16.3. The molecule has 78 valence electrons. The lowest BCUT2D eigenvalue weighted by Crippen LogP contribution is -2.37. The van der Waals surface area contributed by atoms with Crippen LogP contribution in [0.3, 0.4) is 0 Å². The maximum absolute atomic E-state index is 9.14. The number of nitrogens with one attached hydrogen (secondary N) is 1. The summed E-state index contributed by atoms with van der Waals surface area (Å²) in [6, 6.07) is 0.522. The van der Waals surface area contributed by atoms with Crippen LogP contribution in [0.2, 0.25) is 0 Å². The van der Waals surface area contributed by atoms with E-state index in [-0.39, 0.29) is 6.61 Å². The summed E-state index contributed by atoms with van der Waals surface area (Å²) in [5.74, 6) is 0.920. The van der Waals surface area contributed by atoms with Crippen molar-refractivity contribution in [3.63, 3.8) is 0 Å². The molecular weight excluding hydrogens is 166 g/mol. The van der Waals surface area contributed by atoms with Crippen molar-refractivity contribution in [3.8, 4) is 0 Å². The maximum Gasteiger partial charge on any atom is 0.0895 e. The van der Waals surface area contributed by atoms with E-state index in [0.717, 1.165) is 12.3 Å². The van der Waals surface area contributed by atoms with E-state index >= 15 is 0 Å². The zero-order valence-electron chi connectivity index (χ0n) is 8.37. The first-order valence-corrected chi connectivity index (χ1v) is 5.28. The van der Waals surface area contributed by atoms with Crippen molar-refractivity contribution in [2.75, 3.05) is 13.2 Å². The third-order valence-electron chi connectivity index (χ3n) is 2.66. The summed E-state index contributed by atoms with van der Waals surface area (Å²) in [5, 5.41) is 21.0. The van der Waals surface area contributed by atoms with E-state index in [9.17, 15) is 0 Å². The highest BCUT2D eigenvalue weighted by molar-refractivity contribution is 4.80. The lowest BCUT2D eigenvalue weighted by molar-refractivity contribution is 0.0912. The van der Waals surface area contributed by atoms with Crippen LogP contribution in [0.15, 0.2) is 0 Å². The Morgan fingerprint density at radius 3 is 2.62 bits per heavy atom. The van der Waals surface area contributed by atoms with Crippen molar-refractivity contribution in [2.24, 2.45) is 5.92 Å². The Balaban J connectivity index is 2.07. The normalized spacial score (nSPS) is 21.5. The summed E-state index contributed by atoms with van der Waals surface area (Å²) in [6.45, 7) is 2.53. The largest absolute Gasteiger partial charge is 0.394 e. The Morgan fingerprint density at radius 1 is 1.46 bits per heavy atom. The summed E-state index contributed by atoms with van der Waals surface area (Å²) in [6.07, 6.45) is 4.48. The zero-order chi connectivity index (χ0) is 9.68. The van der Waals surface area contributed by atoms with E-state index in [1.807, 2.05) is 0 Å². The second kappa shape index (κ2) is 5.58. The molecule has 1 saturated carbocycles. The lowest BCUT2D eigenvalue weighted by Gasteiger charge is -2.18. The second-order valence-corrected chi connectivity index (χ2v) is 4.03. The molecule has 0 aliphatic heterocycles. The molecule has 1 unspecified atom stereocenters. The van der Waals surface area contributed by atoms with E-state index in [1.165, 1.54) is 19.3 Å². The van der Waals surface area contributed by atoms with Crippen LogP contribution in [0, 0.1) is 5.92 Å². The van der Waals surface area contributed by atoms with Crippen LogP contribution in [-0.4, -0.2) is 35.5 Å². The van der Waals surface area contributed by atoms with Gasteiger partial charge in [0.1, 0.15) is 0 Å². The first-order valence-electron chi connectivity index (χ1n) is 5.28. The molecule has 0 amide bonds. The SMILES string of the molecule is CCC(CC1CC1)NC[C@H](O)CO. The monoisotopic (exact) mass is 187 g/mol. The number of aliphatic hydroxyl groups excluding tert-OH is 2. The van der Waals surface area contributed by atoms with Gasteiger partial charge in [-0.1, -0.05) is 19.8 Å². The van der Waals surface area contributed by atoms with Gasteiger partial charge in [-0.05, 0) is 18.8 Å². The lowest BCUT2D eigenvalue weighted by atomic mass is 10.1. The fourth-order valence-electron chi connectivity index (χ4n) is 1.52. The van der Waals surface area contributed by atoms with Gasteiger partial charge in [-0.25, -0.2) is 0 Å². The van der Waals surface area contributed by atoms with E-state index in [2.05, 4.69) is 12.2 Å². The van der Waals surface area contributed by atoms with Gasteiger partial charge in [0.15, 0.2) is 0 Å². The van der Waals surface area contributed by atoms with Crippen molar-refractivity contribution in [1.82, 2.24) is 5.32 Å². The Hall–Kier alpha value is -0.120. The van der Waals surface area contributed by atoms with Gasteiger partial charge < -0.3 is 15.5 Å². The zero-order valence-corrected chi connectivity index (χ0v) is 8.37. The fourth-order valence-corrected chi connectivity index (χ4v) is 1.52. The first-order chi connectivity index (χ1) is 6.26. The van der Waals surface area contributed by atoms with Crippen LogP contribution in [0.5, 0.6) is 0 Å². The molecule has 3 heteroatoms. The Labute approximate surface area is 80.2 Å². The third-order valence-corrected chi connectivity index (χ3v) is 2.66. The minimum absolute atomic E-state index is 0.146. The third kappa shape index (κ3) is 4.60. The molecule has 13 heavy (non-hydrogen) atoms. The summed E-state index contributed by atoms with van der Waals surface area (Å²) in [4.78, 5) is 0. The van der Waals surface area contributed by atoms with Gasteiger partial charge in [0, 0.05) is 12.6 Å². The second-order valence-electron chi connectivity index (χ2n) is 4.03. The van der Waals surface area contributed by atoms with E-state index in [1.54, 1.807) is 0 Å². The van der Waals surface area contributed by atoms with Crippen LogP contribution < -0.4 is 5.32 Å². The molecule has 3 nitrogen and oxygen atoms in total. The summed E-state index contributed by atoms with van der Waals surface area (Å²) >= 11 is 0. The quantitative estimate of drug-likeness (QED) is 0.544. The molecule has 0 bridgehead atoms. The Morgan fingerprint density at radius 2 is 2.15 bits per heavy atom. The minimum atomic E-state index is -0.603. The predicted octanol–water partition coefficient (Wildman–Crippen LogP) is 0.508. The standard InChI is InChI=1S/C10H21NO2/c1-2-9(5-8-3-4-8)11-6-10(13)7-12/h8-13H,2-7H2,1H3/t9?,10-/m0/s1. The fraction of sp³-hybridized carbons (Fsp3) is 1.00. The average Bonchev–Trinajstić information content (AvgIpc) is 2.95. The minimum Gasteiger partial charge on any atom is -0.394 e. The molecular formula is C10H21NO2. The van der Waals surface area contributed by atoms with E-state index < -0.39 is 6.10 Å². The molecule has 0 spiro atoms. The molecule has 0 aromatic carbocycles. The number of aliphatic hydroxyl groups is 2. The predicted molar refractivity (Wildman–Crippen MR) is 52.5 cm³/mol. The maximum atomic E-state index is 9.14. The van der Waals surface area contributed by atoms with Crippen LogP contribution in [0.25, 0.3) is 0 Å². The Kier molecular flexibility index (Phi) is 4.70. The number of hydrogen-bond acceptors (Lipinski definition) is 3. The molecule has 0 saturated heterocycles. The molecule has 1 rings (SSSR count). The molecule has 1 aliphatic rings. The van der Waals surface area contributed by atoms with E-state index in [4.69, 9.17) is 10.2 Å². The van der Waals surface area contributed by atoms with Crippen LogP contribution in [0.1, 0.15) is 32.6 Å². The molecule has 1 fully saturated rings. The van der Waals surface area contributed by atoms with Gasteiger partial charge in [-0.15, -0.1) is 0 Å². The van der Waals surface area contributed by atoms with Gasteiger partial charge in [0.05, 0.1) is 12.7 Å². The molecule has 0 aromatic rings. The van der Waals surface area contributed by atoms with Crippen LogP contribution in [0.4, 0.5) is 0 Å².